The Hall–Kier alpha value is -1.06. The van der Waals surface area contributed by atoms with Crippen molar-refractivity contribution in [1.82, 2.24) is 10.6 Å². The number of nitrogens with one attached hydrogen (secondary N) is 2. The van der Waals surface area contributed by atoms with Crippen molar-refractivity contribution in [3.05, 3.63) is 34.9 Å². The molecule has 3 rings (SSSR count). The normalized spacial score (nSPS) is 20.9. The van der Waals surface area contributed by atoms with Gasteiger partial charge in [0.25, 0.3) is 0 Å². The molecule has 1 amide bonds. The van der Waals surface area contributed by atoms with Gasteiger partial charge in [-0.15, -0.1) is 12.4 Å². The van der Waals surface area contributed by atoms with Crippen LogP contribution in [0.2, 0.25) is 0 Å². The number of aryl methyl sites for hydroxylation is 2. The monoisotopic (exact) mass is 294 g/mol. The fourth-order valence-electron chi connectivity index (χ4n) is 3.14. The molecule has 0 aromatic heterocycles. The highest BCUT2D eigenvalue weighted by atomic mass is 35.5. The van der Waals surface area contributed by atoms with E-state index in [1.165, 1.54) is 36.8 Å². The van der Waals surface area contributed by atoms with Gasteiger partial charge in [0.05, 0.1) is 6.42 Å². The zero-order valence-corrected chi connectivity index (χ0v) is 12.6. The molecule has 1 aliphatic carbocycles. The van der Waals surface area contributed by atoms with Crippen molar-refractivity contribution in [1.29, 1.82) is 0 Å². The molecule has 1 saturated heterocycles. The van der Waals surface area contributed by atoms with Gasteiger partial charge in [-0.1, -0.05) is 18.2 Å². The third-order valence-corrected chi connectivity index (χ3v) is 4.20. The number of fused-ring (bicyclic) bond motifs is 1. The minimum atomic E-state index is 0. The van der Waals surface area contributed by atoms with Crippen LogP contribution in [0.3, 0.4) is 0 Å². The van der Waals surface area contributed by atoms with E-state index in [9.17, 15) is 4.79 Å². The van der Waals surface area contributed by atoms with Gasteiger partial charge in [0.1, 0.15) is 0 Å². The first-order chi connectivity index (χ1) is 9.31. The highest BCUT2D eigenvalue weighted by molar-refractivity contribution is 5.85. The van der Waals surface area contributed by atoms with E-state index >= 15 is 0 Å². The Morgan fingerprint density at radius 1 is 1.25 bits per heavy atom. The summed E-state index contributed by atoms with van der Waals surface area (Å²) >= 11 is 0. The van der Waals surface area contributed by atoms with Gasteiger partial charge in [-0.2, -0.15) is 0 Å². The second-order valence-corrected chi connectivity index (χ2v) is 5.74. The lowest BCUT2D eigenvalue weighted by Crippen LogP contribution is -2.37. The maximum Gasteiger partial charge on any atom is 0.224 e. The Labute approximate surface area is 126 Å². The fourth-order valence-corrected chi connectivity index (χ4v) is 3.14. The average molecular weight is 295 g/mol. The number of hydrogen-bond donors (Lipinski definition) is 2. The van der Waals surface area contributed by atoms with Crippen LogP contribution in [0.1, 0.15) is 36.0 Å². The lowest BCUT2D eigenvalue weighted by molar-refractivity contribution is -0.121. The second kappa shape index (κ2) is 7.09. The molecule has 3 nitrogen and oxygen atoms in total. The third-order valence-electron chi connectivity index (χ3n) is 4.20. The molecule has 0 bridgehead atoms. The minimum Gasteiger partial charge on any atom is -0.352 e. The molecule has 2 aliphatic rings. The van der Waals surface area contributed by atoms with Crippen LogP contribution in [0.25, 0.3) is 0 Å². The molecular formula is C16H23ClN2O. The van der Waals surface area contributed by atoms with Gasteiger partial charge < -0.3 is 10.6 Å². The van der Waals surface area contributed by atoms with E-state index in [0.717, 1.165) is 25.1 Å². The van der Waals surface area contributed by atoms with Crippen molar-refractivity contribution in [3.63, 3.8) is 0 Å². The Balaban J connectivity index is 0.00000147. The van der Waals surface area contributed by atoms with Crippen molar-refractivity contribution in [2.75, 3.05) is 13.1 Å². The van der Waals surface area contributed by atoms with Crippen LogP contribution < -0.4 is 10.6 Å². The summed E-state index contributed by atoms with van der Waals surface area (Å²) in [5, 5.41) is 6.37. The topological polar surface area (TPSA) is 41.1 Å². The molecule has 1 fully saturated rings. The van der Waals surface area contributed by atoms with Crippen molar-refractivity contribution in [2.45, 2.75) is 44.6 Å². The molecule has 1 aromatic rings. The lowest BCUT2D eigenvalue weighted by Gasteiger charge is -2.17. The van der Waals surface area contributed by atoms with Crippen molar-refractivity contribution in [2.24, 2.45) is 0 Å². The molecule has 1 aromatic carbocycles. The molecule has 1 heterocycles. The Morgan fingerprint density at radius 2 is 2.05 bits per heavy atom. The van der Waals surface area contributed by atoms with Crippen LogP contribution in [0, 0.1) is 0 Å². The maximum atomic E-state index is 12.0. The summed E-state index contributed by atoms with van der Waals surface area (Å²) in [5.41, 5.74) is 4.10. The predicted octanol–water partition coefficient (Wildman–Crippen LogP) is 2.01. The van der Waals surface area contributed by atoms with Gasteiger partial charge in [-0.05, 0) is 55.3 Å². The molecule has 20 heavy (non-hydrogen) atoms. The summed E-state index contributed by atoms with van der Waals surface area (Å²) in [6, 6.07) is 6.90. The molecule has 1 unspecified atom stereocenters. The second-order valence-electron chi connectivity index (χ2n) is 5.74. The third kappa shape index (κ3) is 3.74. The summed E-state index contributed by atoms with van der Waals surface area (Å²) in [5.74, 6) is 0.157. The van der Waals surface area contributed by atoms with Gasteiger partial charge in [0, 0.05) is 12.6 Å². The van der Waals surface area contributed by atoms with Crippen molar-refractivity contribution < 1.29 is 4.79 Å². The Morgan fingerprint density at radius 3 is 2.80 bits per heavy atom. The highest BCUT2D eigenvalue weighted by Crippen LogP contribution is 2.22. The summed E-state index contributed by atoms with van der Waals surface area (Å²) in [6.45, 7) is 1.93. The van der Waals surface area contributed by atoms with E-state index in [1.807, 2.05) is 0 Å². The molecule has 0 spiro atoms. The SMILES string of the molecule is Cl.O=C(Cc1ccc2c(c1)CCCC2)NC1CCNC1. The molecular weight excluding hydrogens is 272 g/mol. The van der Waals surface area contributed by atoms with E-state index in [-0.39, 0.29) is 18.3 Å². The fraction of sp³-hybridized carbons (Fsp3) is 0.562. The van der Waals surface area contributed by atoms with Crippen LogP contribution in [0.5, 0.6) is 0 Å². The van der Waals surface area contributed by atoms with E-state index in [1.54, 1.807) is 0 Å². The average Bonchev–Trinajstić information content (AvgIpc) is 2.91. The van der Waals surface area contributed by atoms with E-state index in [2.05, 4.69) is 28.8 Å². The van der Waals surface area contributed by atoms with Crippen molar-refractivity contribution in [3.8, 4) is 0 Å². The first kappa shape index (κ1) is 15.3. The number of amides is 1. The van der Waals surface area contributed by atoms with Crippen LogP contribution in [-0.4, -0.2) is 25.0 Å². The number of carbonyl (C=O) groups is 1. The van der Waals surface area contributed by atoms with Crippen LogP contribution in [0.15, 0.2) is 18.2 Å². The number of halogens is 1. The molecule has 0 radical (unpaired) electrons. The molecule has 0 saturated carbocycles. The van der Waals surface area contributed by atoms with Crippen LogP contribution in [0.4, 0.5) is 0 Å². The first-order valence-corrected chi connectivity index (χ1v) is 7.42. The molecule has 1 atom stereocenters. The summed E-state index contributed by atoms with van der Waals surface area (Å²) in [6.07, 6.45) is 6.55. The van der Waals surface area contributed by atoms with E-state index in [4.69, 9.17) is 0 Å². The van der Waals surface area contributed by atoms with Crippen LogP contribution in [-0.2, 0) is 24.1 Å². The number of carbonyl (C=O) groups excluding carboxylic acids is 1. The Kier molecular flexibility index (Phi) is 5.44. The van der Waals surface area contributed by atoms with Crippen LogP contribution >= 0.6 is 12.4 Å². The van der Waals surface area contributed by atoms with E-state index < -0.39 is 0 Å². The number of benzene rings is 1. The first-order valence-electron chi connectivity index (χ1n) is 7.42. The maximum absolute atomic E-state index is 12.0. The van der Waals surface area contributed by atoms with Gasteiger partial charge in [0.15, 0.2) is 0 Å². The minimum absolute atomic E-state index is 0. The smallest absolute Gasteiger partial charge is 0.224 e. The zero-order valence-electron chi connectivity index (χ0n) is 11.8. The summed E-state index contributed by atoms with van der Waals surface area (Å²) < 4.78 is 0. The van der Waals surface area contributed by atoms with Gasteiger partial charge in [-0.25, -0.2) is 0 Å². The zero-order chi connectivity index (χ0) is 13.1. The van der Waals surface area contributed by atoms with Gasteiger partial charge in [0.2, 0.25) is 5.91 Å². The standard InChI is InChI=1S/C16H22N2O.ClH/c19-16(18-15-7-8-17-11-15)10-12-5-6-13-3-1-2-4-14(13)9-12;/h5-6,9,15,17H,1-4,7-8,10-11H2,(H,18,19);1H. The number of rotatable bonds is 3. The van der Waals surface area contributed by atoms with Gasteiger partial charge in [-0.3, -0.25) is 4.79 Å². The quantitative estimate of drug-likeness (QED) is 0.895. The lowest BCUT2D eigenvalue weighted by atomic mass is 9.90. The largest absolute Gasteiger partial charge is 0.352 e. The Bertz CT molecular complexity index is 470. The number of hydrogen-bond acceptors (Lipinski definition) is 2. The highest BCUT2D eigenvalue weighted by Gasteiger charge is 2.17. The summed E-state index contributed by atoms with van der Waals surface area (Å²) in [4.78, 5) is 12.0. The van der Waals surface area contributed by atoms with Gasteiger partial charge >= 0.3 is 0 Å². The molecule has 4 heteroatoms. The van der Waals surface area contributed by atoms with Crippen molar-refractivity contribution >= 4 is 18.3 Å². The van der Waals surface area contributed by atoms with E-state index in [0.29, 0.717) is 12.5 Å². The summed E-state index contributed by atoms with van der Waals surface area (Å²) in [7, 11) is 0. The molecule has 110 valence electrons. The molecule has 2 N–H and O–H groups in total. The molecule has 1 aliphatic heterocycles. The predicted molar refractivity (Wildman–Crippen MR) is 83.5 cm³/mol.